The van der Waals surface area contributed by atoms with Gasteiger partial charge in [0.15, 0.2) is 5.82 Å². The fraction of sp³-hybridized carbons (Fsp3) is 0.524. The van der Waals surface area contributed by atoms with Gasteiger partial charge in [-0.25, -0.2) is 0 Å². The highest BCUT2D eigenvalue weighted by molar-refractivity contribution is 5.90. The summed E-state index contributed by atoms with van der Waals surface area (Å²) in [5, 5.41) is 24.0. The standard InChI is InChI=1S/C21H27N9/c1-12-8-17-19(23-12)26-21(27-20(17)25-18-9-13(2)28-29-18)24-14-10-15-4-5-16(11-14)30(15)7-3-6-22/h8-9,14-16H,3-5,7,10-11H2,1-2H3,(H4,23,24,25,26,27,28,29)/t14?,15-,16?/m0/s1. The molecule has 0 spiro atoms. The smallest absolute Gasteiger partial charge is 0.226 e. The fourth-order valence-corrected chi connectivity index (χ4v) is 5.02. The lowest BCUT2D eigenvalue weighted by molar-refractivity contribution is 0.135. The molecule has 5 rings (SSSR count). The van der Waals surface area contributed by atoms with Crippen molar-refractivity contribution in [3.05, 3.63) is 23.5 Å². The van der Waals surface area contributed by atoms with Crippen molar-refractivity contribution in [1.82, 2.24) is 30.0 Å². The van der Waals surface area contributed by atoms with Crippen LogP contribution in [-0.2, 0) is 0 Å². The van der Waals surface area contributed by atoms with Crippen LogP contribution in [0.15, 0.2) is 12.1 Å². The number of fused-ring (bicyclic) bond motifs is 3. The van der Waals surface area contributed by atoms with Crippen LogP contribution in [0.3, 0.4) is 0 Å². The molecular weight excluding hydrogens is 378 g/mol. The number of rotatable bonds is 6. The zero-order valence-electron chi connectivity index (χ0n) is 17.4. The fourth-order valence-electron chi connectivity index (χ4n) is 5.02. The number of nitriles is 1. The summed E-state index contributed by atoms with van der Waals surface area (Å²) in [6.07, 6.45) is 5.17. The summed E-state index contributed by atoms with van der Waals surface area (Å²) < 4.78 is 0. The molecule has 2 fully saturated rings. The van der Waals surface area contributed by atoms with E-state index in [-0.39, 0.29) is 0 Å². The van der Waals surface area contributed by atoms with Crippen LogP contribution < -0.4 is 10.6 Å². The highest BCUT2D eigenvalue weighted by Gasteiger charge is 2.40. The van der Waals surface area contributed by atoms with Gasteiger partial charge in [0.1, 0.15) is 11.5 Å². The van der Waals surface area contributed by atoms with Crippen molar-refractivity contribution in [2.75, 3.05) is 17.2 Å². The summed E-state index contributed by atoms with van der Waals surface area (Å²) in [4.78, 5) is 15.4. The summed E-state index contributed by atoms with van der Waals surface area (Å²) in [5.41, 5.74) is 2.85. The Morgan fingerprint density at radius 3 is 2.67 bits per heavy atom. The number of nitrogens with one attached hydrogen (secondary N) is 4. The first-order chi connectivity index (χ1) is 14.6. The van der Waals surface area contributed by atoms with Crippen molar-refractivity contribution in [3.63, 3.8) is 0 Å². The van der Waals surface area contributed by atoms with E-state index in [0.29, 0.717) is 30.5 Å². The molecule has 2 bridgehead atoms. The van der Waals surface area contributed by atoms with Crippen LogP contribution in [-0.4, -0.2) is 54.7 Å². The normalized spacial score (nSPS) is 23.6. The Hall–Kier alpha value is -3.12. The number of anilines is 3. The second-order valence-corrected chi connectivity index (χ2v) is 8.52. The molecule has 0 radical (unpaired) electrons. The third-order valence-electron chi connectivity index (χ3n) is 6.27. The highest BCUT2D eigenvalue weighted by Crippen LogP contribution is 2.37. The maximum absolute atomic E-state index is 8.94. The Kier molecular flexibility index (Phi) is 4.79. The van der Waals surface area contributed by atoms with Gasteiger partial charge in [-0.05, 0) is 45.6 Å². The molecule has 0 aliphatic carbocycles. The predicted octanol–water partition coefficient (Wildman–Crippen LogP) is 3.36. The maximum Gasteiger partial charge on any atom is 0.226 e. The molecule has 30 heavy (non-hydrogen) atoms. The third-order valence-corrected chi connectivity index (χ3v) is 6.27. The summed E-state index contributed by atoms with van der Waals surface area (Å²) in [6, 6.07) is 7.74. The molecule has 2 aliphatic rings. The zero-order valence-corrected chi connectivity index (χ0v) is 17.4. The Morgan fingerprint density at radius 1 is 1.17 bits per heavy atom. The van der Waals surface area contributed by atoms with Gasteiger partial charge in [-0.3, -0.25) is 10.00 Å². The number of H-pyrrole nitrogens is 2. The van der Waals surface area contributed by atoms with Crippen LogP contribution >= 0.6 is 0 Å². The Labute approximate surface area is 175 Å². The van der Waals surface area contributed by atoms with Gasteiger partial charge < -0.3 is 15.6 Å². The van der Waals surface area contributed by atoms with Gasteiger partial charge in [0.05, 0.1) is 11.5 Å². The number of aromatic nitrogens is 5. The average molecular weight is 406 g/mol. The molecule has 9 heteroatoms. The molecule has 0 amide bonds. The second kappa shape index (κ2) is 7.61. The molecule has 3 atom stereocenters. The van der Waals surface area contributed by atoms with E-state index in [9.17, 15) is 0 Å². The van der Waals surface area contributed by atoms with Gasteiger partial charge in [-0.1, -0.05) is 0 Å². The molecule has 2 saturated heterocycles. The van der Waals surface area contributed by atoms with Gasteiger partial charge in [0, 0.05) is 48.5 Å². The van der Waals surface area contributed by atoms with Crippen LogP contribution in [0.2, 0.25) is 0 Å². The van der Waals surface area contributed by atoms with E-state index >= 15 is 0 Å². The van der Waals surface area contributed by atoms with Crippen LogP contribution in [0.25, 0.3) is 11.0 Å². The number of hydrogen-bond donors (Lipinski definition) is 4. The van der Waals surface area contributed by atoms with Crippen molar-refractivity contribution in [2.45, 2.75) is 64.1 Å². The predicted molar refractivity (Wildman–Crippen MR) is 116 cm³/mol. The Morgan fingerprint density at radius 2 is 1.97 bits per heavy atom. The molecule has 0 saturated carbocycles. The van der Waals surface area contributed by atoms with Crippen molar-refractivity contribution in [1.29, 1.82) is 5.26 Å². The molecule has 5 heterocycles. The van der Waals surface area contributed by atoms with Gasteiger partial charge in [0.25, 0.3) is 0 Å². The summed E-state index contributed by atoms with van der Waals surface area (Å²) in [6.45, 7) is 4.88. The molecule has 9 nitrogen and oxygen atoms in total. The molecule has 2 unspecified atom stereocenters. The lowest BCUT2D eigenvalue weighted by Gasteiger charge is -2.38. The van der Waals surface area contributed by atoms with Crippen LogP contribution in [0.5, 0.6) is 0 Å². The van der Waals surface area contributed by atoms with Crippen LogP contribution in [0.1, 0.15) is 43.5 Å². The number of hydrogen-bond acceptors (Lipinski definition) is 7. The van der Waals surface area contributed by atoms with E-state index in [0.717, 1.165) is 53.4 Å². The quantitative estimate of drug-likeness (QED) is 0.496. The van der Waals surface area contributed by atoms with E-state index in [2.05, 4.69) is 42.9 Å². The molecule has 156 valence electrons. The summed E-state index contributed by atoms with van der Waals surface area (Å²) in [5.74, 6) is 2.11. The zero-order chi connectivity index (χ0) is 20.7. The van der Waals surface area contributed by atoms with Crippen molar-refractivity contribution in [2.24, 2.45) is 0 Å². The minimum absolute atomic E-state index is 0.342. The minimum atomic E-state index is 0.342. The topological polar surface area (TPSA) is 121 Å². The van der Waals surface area contributed by atoms with E-state index in [1.54, 1.807) is 0 Å². The monoisotopic (exact) mass is 405 g/mol. The van der Waals surface area contributed by atoms with Crippen LogP contribution in [0, 0.1) is 25.2 Å². The van der Waals surface area contributed by atoms with Gasteiger partial charge in [-0.2, -0.15) is 20.3 Å². The van der Waals surface area contributed by atoms with Gasteiger partial charge in [0.2, 0.25) is 5.95 Å². The van der Waals surface area contributed by atoms with Gasteiger partial charge >= 0.3 is 0 Å². The number of nitrogens with zero attached hydrogens (tertiary/aromatic N) is 5. The van der Waals surface area contributed by atoms with Gasteiger partial charge in [-0.15, -0.1) is 0 Å². The minimum Gasteiger partial charge on any atom is -0.351 e. The molecule has 2 aliphatic heterocycles. The second-order valence-electron chi connectivity index (χ2n) is 8.52. The van der Waals surface area contributed by atoms with Crippen molar-refractivity contribution in [3.8, 4) is 6.07 Å². The third kappa shape index (κ3) is 3.59. The first kappa shape index (κ1) is 18.9. The Balaban J connectivity index is 1.37. The highest BCUT2D eigenvalue weighted by atomic mass is 15.3. The first-order valence-electron chi connectivity index (χ1n) is 10.6. The SMILES string of the molecule is Cc1cc(Nc2nc(NC3CC4CC[C@@H](C3)N4CCC#N)nc3[nH]c(C)cc23)n[nH]1. The molecule has 3 aromatic rings. The number of aromatic amines is 2. The molecule has 0 aromatic carbocycles. The molecule has 4 N–H and O–H groups in total. The molecule has 3 aromatic heterocycles. The average Bonchev–Trinajstić information content (AvgIpc) is 3.35. The lowest BCUT2D eigenvalue weighted by Crippen LogP contribution is -2.47. The van der Waals surface area contributed by atoms with Crippen LogP contribution in [0.4, 0.5) is 17.6 Å². The van der Waals surface area contributed by atoms with Crippen molar-refractivity contribution < 1.29 is 0 Å². The van der Waals surface area contributed by atoms with E-state index in [1.807, 2.05) is 19.9 Å². The Bertz CT molecular complexity index is 1080. The number of piperidine rings is 1. The summed E-state index contributed by atoms with van der Waals surface area (Å²) >= 11 is 0. The largest absolute Gasteiger partial charge is 0.351 e. The van der Waals surface area contributed by atoms with E-state index in [1.165, 1.54) is 12.8 Å². The van der Waals surface area contributed by atoms with E-state index < -0.39 is 0 Å². The lowest BCUT2D eigenvalue weighted by atomic mass is 9.97. The number of aryl methyl sites for hydroxylation is 2. The van der Waals surface area contributed by atoms with Crippen molar-refractivity contribution >= 4 is 28.6 Å². The van der Waals surface area contributed by atoms with E-state index in [4.69, 9.17) is 15.2 Å². The molecular formula is C21H27N9. The summed E-state index contributed by atoms with van der Waals surface area (Å²) in [7, 11) is 0. The maximum atomic E-state index is 8.94. The first-order valence-corrected chi connectivity index (χ1v) is 10.6.